The van der Waals surface area contributed by atoms with Crippen LogP contribution in [-0.4, -0.2) is 41.1 Å². The third-order valence-electron chi connectivity index (χ3n) is 2.10. The Hall–Kier alpha value is -0.400. The maximum absolute atomic E-state index is 12.2. The lowest BCUT2D eigenvalue weighted by Gasteiger charge is -2.19. The van der Waals surface area contributed by atoms with E-state index in [9.17, 15) is 8.42 Å². The van der Waals surface area contributed by atoms with E-state index in [1.54, 1.807) is 6.92 Å². The molecule has 0 atom stereocenters. The summed E-state index contributed by atoms with van der Waals surface area (Å²) in [5.74, 6) is 0.605. The lowest BCUT2D eigenvalue weighted by molar-refractivity contribution is 0.428. The monoisotopic (exact) mass is 309 g/mol. The number of H-pyrrole nitrogens is 1. The van der Waals surface area contributed by atoms with E-state index < -0.39 is 10.0 Å². The zero-order valence-corrected chi connectivity index (χ0v) is 11.8. The fourth-order valence-electron chi connectivity index (χ4n) is 1.36. The van der Waals surface area contributed by atoms with Crippen LogP contribution in [0.5, 0.6) is 0 Å². The lowest BCUT2D eigenvalue weighted by atomic mass is 10.5. The number of hydrogen-bond acceptors (Lipinski definition) is 3. The molecule has 0 aliphatic carbocycles. The largest absolute Gasteiger partial charge is 0.332 e. The normalized spacial score (nSPS) is 12.2. The molecule has 1 aromatic rings. The van der Waals surface area contributed by atoms with Crippen molar-refractivity contribution in [2.75, 3.05) is 18.4 Å². The summed E-state index contributed by atoms with van der Waals surface area (Å²) in [5, 5.41) is 0.790. The van der Waals surface area contributed by atoms with Crippen LogP contribution in [0, 0.1) is 6.92 Å². The average molecular weight is 310 g/mol. The zero-order chi connectivity index (χ0) is 12.2. The van der Waals surface area contributed by atoms with Gasteiger partial charge in [0, 0.05) is 18.4 Å². The molecule has 0 radical (unpaired) electrons. The van der Waals surface area contributed by atoms with E-state index in [4.69, 9.17) is 0 Å². The van der Waals surface area contributed by atoms with Gasteiger partial charge in [-0.05, 0) is 13.3 Å². The first-order chi connectivity index (χ1) is 7.52. The number of nitrogens with zero attached hydrogens (tertiary/aromatic N) is 2. The van der Waals surface area contributed by atoms with E-state index in [2.05, 4.69) is 25.9 Å². The Morgan fingerprint density at radius 2 is 2.19 bits per heavy atom. The van der Waals surface area contributed by atoms with Crippen molar-refractivity contribution in [3.05, 3.63) is 12.0 Å². The van der Waals surface area contributed by atoms with Crippen LogP contribution < -0.4 is 0 Å². The summed E-state index contributed by atoms with van der Waals surface area (Å²) in [6.07, 6.45) is 2.15. The number of aromatic amines is 1. The van der Waals surface area contributed by atoms with Gasteiger partial charge in [-0.2, -0.15) is 4.31 Å². The predicted molar refractivity (Wildman–Crippen MR) is 66.2 cm³/mol. The SMILES string of the molecule is CCCN(CCBr)S(=O)(=O)c1cnc(C)[nH]1. The Morgan fingerprint density at radius 1 is 1.50 bits per heavy atom. The van der Waals surface area contributed by atoms with Crippen LogP contribution in [-0.2, 0) is 10.0 Å². The van der Waals surface area contributed by atoms with Gasteiger partial charge in [0.25, 0.3) is 10.0 Å². The molecule has 0 amide bonds. The van der Waals surface area contributed by atoms with Gasteiger partial charge >= 0.3 is 0 Å². The summed E-state index contributed by atoms with van der Waals surface area (Å²) >= 11 is 3.26. The molecule has 7 heteroatoms. The number of rotatable bonds is 6. The fourth-order valence-corrected chi connectivity index (χ4v) is 3.52. The first-order valence-corrected chi connectivity index (χ1v) is 7.66. The Bertz CT molecular complexity index is 424. The van der Waals surface area contributed by atoms with Crippen molar-refractivity contribution >= 4 is 26.0 Å². The van der Waals surface area contributed by atoms with Gasteiger partial charge in [0.1, 0.15) is 5.82 Å². The molecule has 0 saturated heterocycles. The fraction of sp³-hybridized carbons (Fsp3) is 0.667. The van der Waals surface area contributed by atoms with Crippen LogP contribution in [0.25, 0.3) is 0 Å². The van der Waals surface area contributed by atoms with Crippen LogP contribution in [0.4, 0.5) is 0 Å². The second kappa shape index (κ2) is 5.79. The van der Waals surface area contributed by atoms with E-state index >= 15 is 0 Å². The number of imidazole rings is 1. The highest BCUT2D eigenvalue weighted by Gasteiger charge is 2.24. The third-order valence-corrected chi connectivity index (χ3v) is 4.27. The van der Waals surface area contributed by atoms with Gasteiger partial charge in [0.2, 0.25) is 0 Å². The van der Waals surface area contributed by atoms with Crippen molar-refractivity contribution in [1.82, 2.24) is 14.3 Å². The van der Waals surface area contributed by atoms with Crippen molar-refractivity contribution < 1.29 is 8.42 Å². The second-order valence-corrected chi connectivity index (χ2v) is 6.13. The van der Waals surface area contributed by atoms with Gasteiger partial charge in [-0.3, -0.25) is 0 Å². The molecule has 5 nitrogen and oxygen atoms in total. The zero-order valence-electron chi connectivity index (χ0n) is 9.40. The van der Waals surface area contributed by atoms with E-state index in [0.717, 1.165) is 6.42 Å². The predicted octanol–water partition coefficient (Wildman–Crippen LogP) is 1.51. The number of hydrogen-bond donors (Lipinski definition) is 1. The Labute approximate surface area is 104 Å². The third kappa shape index (κ3) is 3.05. The number of sulfonamides is 1. The number of aryl methyl sites for hydroxylation is 1. The lowest BCUT2D eigenvalue weighted by Crippen LogP contribution is -2.33. The van der Waals surface area contributed by atoms with Crippen molar-refractivity contribution in [3.63, 3.8) is 0 Å². The summed E-state index contributed by atoms with van der Waals surface area (Å²) in [5.41, 5.74) is 0. The number of halogens is 1. The second-order valence-electron chi connectivity index (χ2n) is 3.43. The Kier molecular flexibility index (Phi) is 4.94. The molecule has 0 unspecified atom stereocenters. The van der Waals surface area contributed by atoms with Crippen LogP contribution in [0.15, 0.2) is 11.2 Å². The molecule has 1 N–H and O–H groups in total. The number of aromatic nitrogens is 2. The minimum absolute atomic E-state index is 0.166. The van der Waals surface area contributed by atoms with Crippen molar-refractivity contribution in [1.29, 1.82) is 0 Å². The molecule has 0 aliphatic heterocycles. The molecule has 0 spiro atoms. The van der Waals surface area contributed by atoms with Crippen LogP contribution >= 0.6 is 15.9 Å². The molecule has 0 aliphatic rings. The molecular weight excluding hydrogens is 294 g/mol. The summed E-state index contributed by atoms with van der Waals surface area (Å²) in [6.45, 7) is 4.67. The summed E-state index contributed by atoms with van der Waals surface area (Å²) < 4.78 is 25.8. The van der Waals surface area contributed by atoms with Gasteiger partial charge in [-0.1, -0.05) is 22.9 Å². The molecule has 0 aromatic carbocycles. The van der Waals surface area contributed by atoms with Crippen LogP contribution in [0.2, 0.25) is 0 Å². The van der Waals surface area contributed by atoms with E-state index in [0.29, 0.717) is 24.2 Å². The van der Waals surface area contributed by atoms with E-state index in [1.165, 1.54) is 10.5 Å². The molecule has 0 bridgehead atoms. The Morgan fingerprint density at radius 3 is 2.62 bits per heavy atom. The Balaban J connectivity index is 2.97. The topological polar surface area (TPSA) is 66.1 Å². The van der Waals surface area contributed by atoms with Crippen molar-refractivity contribution in [3.8, 4) is 0 Å². The maximum atomic E-state index is 12.2. The minimum Gasteiger partial charge on any atom is -0.332 e. The smallest absolute Gasteiger partial charge is 0.260 e. The quantitative estimate of drug-likeness (QED) is 0.810. The highest BCUT2D eigenvalue weighted by atomic mass is 79.9. The molecule has 0 saturated carbocycles. The molecule has 1 heterocycles. The number of alkyl halides is 1. The van der Waals surface area contributed by atoms with Gasteiger partial charge in [0.15, 0.2) is 5.03 Å². The summed E-state index contributed by atoms with van der Waals surface area (Å²) in [6, 6.07) is 0. The van der Waals surface area contributed by atoms with Crippen molar-refractivity contribution in [2.45, 2.75) is 25.3 Å². The molecule has 0 fully saturated rings. The highest BCUT2D eigenvalue weighted by molar-refractivity contribution is 9.09. The molecule has 92 valence electrons. The number of nitrogens with one attached hydrogen (secondary N) is 1. The van der Waals surface area contributed by atoms with Crippen LogP contribution in [0.3, 0.4) is 0 Å². The maximum Gasteiger partial charge on any atom is 0.260 e. The van der Waals surface area contributed by atoms with Crippen molar-refractivity contribution in [2.24, 2.45) is 0 Å². The van der Waals surface area contributed by atoms with E-state index in [-0.39, 0.29) is 5.03 Å². The summed E-state index contributed by atoms with van der Waals surface area (Å²) in [7, 11) is -3.42. The van der Waals surface area contributed by atoms with Gasteiger partial charge in [-0.25, -0.2) is 13.4 Å². The van der Waals surface area contributed by atoms with E-state index in [1.807, 2.05) is 6.92 Å². The van der Waals surface area contributed by atoms with Gasteiger partial charge in [0.05, 0.1) is 6.20 Å². The molecular formula is C9H16BrN3O2S. The van der Waals surface area contributed by atoms with Gasteiger partial charge in [-0.15, -0.1) is 0 Å². The first-order valence-electron chi connectivity index (χ1n) is 5.10. The molecule has 1 rings (SSSR count). The summed E-state index contributed by atoms with van der Waals surface area (Å²) in [4.78, 5) is 6.67. The first kappa shape index (κ1) is 13.7. The van der Waals surface area contributed by atoms with Crippen LogP contribution in [0.1, 0.15) is 19.2 Å². The standard InChI is InChI=1S/C9H16BrN3O2S/c1-3-5-13(6-4-10)16(14,15)9-7-11-8(2)12-9/h7H,3-6H2,1-2H3,(H,11,12). The average Bonchev–Trinajstić information content (AvgIpc) is 2.65. The molecule has 16 heavy (non-hydrogen) atoms. The highest BCUT2D eigenvalue weighted by Crippen LogP contribution is 2.13. The molecule has 1 aromatic heterocycles. The minimum atomic E-state index is -3.42. The van der Waals surface area contributed by atoms with Gasteiger partial charge < -0.3 is 4.98 Å².